The van der Waals surface area contributed by atoms with E-state index in [9.17, 15) is 14.4 Å². The number of ether oxygens (including phenoxy) is 1. The van der Waals surface area contributed by atoms with E-state index in [4.69, 9.17) is 10.5 Å². The molecule has 0 aromatic heterocycles. The van der Waals surface area contributed by atoms with E-state index < -0.39 is 17.7 Å². The predicted octanol–water partition coefficient (Wildman–Crippen LogP) is 3.67. The van der Waals surface area contributed by atoms with Crippen LogP contribution in [0.2, 0.25) is 0 Å². The third-order valence-electron chi connectivity index (χ3n) is 7.44. The number of Topliss-reactive ketones (excluding diaryl/α,β-unsaturated/α-hetero) is 1. The van der Waals surface area contributed by atoms with Crippen molar-refractivity contribution < 1.29 is 19.1 Å². The van der Waals surface area contributed by atoms with Gasteiger partial charge in [0.1, 0.15) is 11.7 Å². The molecule has 3 aromatic carbocycles. The van der Waals surface area contributed by atoms with E-state index in [-0.39, 0.29) is 17.6 Å². The van der Waals surface area contributed by atoms with Crippen molar-refractivity contribution in [1.82, 2.24) is 0 Å². The number of carbonyl (C=O) groups excluding carboxylic acids is 3. The number of hydrogen-bond donors (Lipinski definition) is 1. The van der Waals surface area contributed by atoms with Gasteiger partial charge in [-0.25, -0.2) is 0 Å². The second-order valence-corrected chi connectivity index (χ2v) is 9.46. The lowest BCUT2D eigenvalue weighted by atomic mass is 9.78. The van der Waals surface area contributed by atoms with Gasteiger partial charge in [-0.15, -0.1) is 0 Å². The minimum absolute atomic E-state index is 0.230. The van der Waals surface area contributed by atoms with Crippen LogP contribution in [0.15, 0.2) is 78.9 Å². The zero-order valence-corrected chi connectivity index (χ0v) is 20.0. The quantitative estimate of drug-likeness (QED) is 0.619. The molecular weight excluding hydrogens is 454 g/mol. The zero-order chi connectivity index (χ0) is 25.2. The van der Waals surface area contributed by atoms with E-state index in [1.165, 1.54) is 11.0 Å². The Morgan fingerprint density at radius 2 is 1.61 bits per heavy atom. The highest BCUT2D eigenvalue weighted by Gasteiger charge is 2.69. The predicted molar refractivity (Wildman–Crippen MR) is 136 cm³/mol. The number of nitrogens with two attached hydrogens (primary N) is 1. The summed E-state index contributed by atoms with van der Waals surface area (Å²) in [5, 5.41) is 0. The van der Waals surface area contributed by atoms with E-state index in [1.54, 1.807) is 47.4 Å². The molecule has 6 rings (SSSR count). The van der Waals surface area contributed by atoms with Gasteiger partial charge in [-0.3, -0.25) is 24.2 Å². The lowest BCUT2D eigenvalue weighted by molar-refractivity contribution is -0.123. The van der Waals surface area contributed by atoms with Gasteiger partial charge in [0.2, 0.25) is 0 Å². The number of amides is 2. The lowest BCUT2D eigenvalue weighted by Gasteiger charge is -2.38. The van der Waals surface area contributed by atoms with Crippen molar-refractivity contribution in [3.8, 4) is 5.75 Å². The topological polar surface area (TPSA) is 92.9 Å². The van der Waals surface area contributed by atoms with Crippen molar-refractivity contribution in [2.24, 2.45) is 11.7 Å². The smallest absolute Gasteiger partial charge is 0.261 e. The number of anilines is 2. The molecule has 0 radical (unpaired) electrons. The third-order valence-corrected chi connectivity index (χ3v) is 7.44. The number of aryl methyl sites for hydroxylation is 2. The van der Waals surface area contributed by atoms with Crippen LogP contribution in [0.3, 0.4) is 0 Å². The van der Waals surface area contributed by atoms with Gasteiger partial charge in [-0.05, 0) is 60.9 Å². The van der Waals surface area contributed by atoms with E-state index in [0.29, 0.717) is 29.2 Å². The van der Waals surface area contributed by atoms with Gasteiger partial charge in [-0.1, -0.05) is 42.5 Å². The Balaban J connectivity index is 1.60. The zero-order valence-electron chi connectivity index (χ0n) is 20.0. The average Bonchev–Trinajstić information content (AvgIpc) is 3.34. The normalized spacial score (nSPS) is 24.4. The molecule has 0 saturated carbocycles. The molecule has 0 aliphatic carbocycles. The standard InChI is InChI=1S/C29H25N3O4/c1-17-6-5-7-18(2)25(17)31-27-24(26(34)21-8-3-4-9-22(21)36-27)29(28(31)35)15-14-23(33)32(29)20-12-10-19(16-30)11-13-20/h3-15,24,27H,16,30H2,1-2H3. The molecule has 1 fully saturated rings. The van der Waals surface area contributed by atoms with Crippen LogP contribution >= 0.6 is 0 Å². The summed E-state index contributed by atoms with van der Waals surface area (Å²) in [6.07, 6.45) is 2.05. The van der Waals surface area contributed by atoms with Crippen molar-refractivity contribution in [2.75, 3.05) is 9.80 Å². The molecule has 36 heavy (non-hydrogen) atoms. The summed E-state index contributed by atoms with van der Waals surface area (Å²) in [5.41, 5.74) is 8.46. The van der Waals surface area contributed by atoms with Crippen molar-refractivity contribution in [3.63, 3.8) is 0 Å². The fourth-order valence-corrected chi connectivity index (χ4v) is 5.80. The van der Waals surface area contributed by atoms with Crippen LogP contribution in [0.25, 0.3) is 0 Å². The second kappa shape index (κ2) is 7.90. The van der Waals surface area contributed by atoms with Crippen LogP contribution in [-0.2, 0) is 16.1 Å². The number of nitrogens with zero attached hydrogens (tertiary/aromatic N) is 2. The minimum Gasteiger partial charge on any atom is -0.468 e. The molecule has 3 aliphatic rings. The van der Waals surface area contributed by atoms with Crippen LogP contribution in [0, 0.1) is 19.8 Å². The number of rotatable bonds is 3. The Hall–Kier alpha value is -4.23. The fourth-order valence-electron chi connectivity index (χ4n) is 5.80. The first kappa shape index (κ1) is 22.2. The van der Waals surface area contributed by atoms with Crippen molar-refractivity contribution in [1.29, 1.82) is 0 Å². The number of ketones is 1. The first-order valence-corrected chi connectivity index (χ1v) is 11.9. The molecule has 0 bridgehead atoms. The molecule has 2 amide bonds. The Bertz CT molecular complexity index is 1440. The van der Waals surface area contributed by atoms with Gasteiger partial charge in [0, 0.05) is 18.3 Å². The first-order chi connectivity index (χ1) is 17.4. The average molecular weight is 480 g/mol. The lowest BCUT2D eigenvalue weighted by Crippen LogP contribution is -2.58. The van der Waals surface area contributed by atoms with Gasteiger partial charge >= 0.3 is 0 Å². The third kappa shape index (κ3) is 2.86. The van der Waals surface area contributed by atoms with Gasteiger partial charge < -0.3 is 10.5 Å². The minimum atomic E-state index is -1.56. The first-order valence-electron chi connectivity index (χ1n) is 11.9. The largest absolute Gasteiger partial charge is 0.468 e. The monoisotopic (exact) mass is 479 g/mol. The van der Waals surface area contributed by atoms with Gasteiger partial charge in [-0.2, -0.15) is 0 Å². The number of fused-ring (bicyclic) bond motifs is 3. The summed E-state index contributed by atoms with van der Waals surface area (Å²) >= 11 is 0. The van der Waals surface area contributed by atoms with Gasteiger partial charge in [0.15, 0.2) is 17.6 Å². The summed E-state index contributed by atoms with van der Waals surface area (Å²) in [7, 11) is 0. The Morgan fingerprint density at radius 1 is 0.917 bits per heavy atom. The summed E-state index contributed by atoms with van der Waals surface area (Å²) in [6.45, 7) is 4.20. The van der Waals surface area contributed by atoms with Crippen molar-refractivity contribution in [2.45, 2.75) is 32.2 Å². The van der Waals surface area contributed by atoms with E-state index in [2.05, 4.69) is 0 Å². The molecule has 3 aromatic rings. The Labute approximate surface area is 208 Å². The second-order valence-electron chi connectivity index (χ2n) is 9.46. The summed E-state index contributed by atoms with van der Waals surface area (Å²) in [5.74, 6) is -1.50. The van der Waals surface area contributed by atoms with Crippen LogP contribution in [0.5, 0.6) is 5.75 Å². The summed E-state index contributed by atoms with van der Waals surface area (Å²) < 4.78 is 6.41. The van der Waals surface area contributed by atoms with E-state index in [1.807, 2.05) is 44.2 Å². The van der Waals surface area contributed by atoms with Crippen molar-refractivity contribution >= 4 is 29.0 Å². The Morgan fingerprint density at radius 3 is 2.31 bits per heavy atom. The van der Waals surface area contributed by atoms with Gasteiger partial charge in [0.05, 0.1) is 11.3 Å². The molecule has 1 spiro atoms. The SMILES string of the molecule is Cc1cccc(C)c1N1C(=O)C2(C=CC(=O)N2c2ccc(CN)cc2)C2C(=O)c3ccccc3OC21. The molecule has 2 N–H and O–H groups in total. The van der Waals surface area contributed by atoms with Gasteiger partial charge in [0.25, 0.3) is 11.8 Å². The van der Waals surface area contributed by atoms with Crippen LogP contribution in [0.1, 0.15) is 27.0 Å². The maximum atomic E-state index is 14.6. The molecule has 7 heteroatoms. The number of hydrogen-bond acceptors (Lipinski definition) is 5. The fraction of sp³-hybridized carbons (Fsp3) is 0.207. The molecule has 1 saturated heterocycles. The molecule has 3 atom stereocenters. The van der Waals surface area contributed by atoms with Crippen LogP contribution < -0.4 is 20.3 Å². The maximum absolute atomic E-state index is 14.6. The number of para-hydroxylation sites is 2. The molecule has 3 unspecified atom stereocenters. The highest BCUT2D eigenvalue weighted by atomic mass is 16.5. The maximum Gasteiger partial charge on any atom is 0.261 e. The highest BCUT2D eigenvalue weighted by molar-refractivity contribution is 6.23. The molecule has 3 heterocycles. The summed E-state index contributed by atoms with van der Waals surface area (Å²) in [6, 6.07) is 20.0. The number of benzene rings is 3. The highest BCUT2D eigenvalue weighted by Crippen LogP contribution is 2.51. The molecule has 7 nitrogen and oxygen atoms in total. The van der Waals surface area contributed by atoms with Crippen LogP contribution in [-0.4, -0.2) is 29.4 Å². The van der Waals surface area contributed by atoms with E-state index >= 15 is 0 Å². The van der Waals surface area contributed by atoms with Crippen molar-refractivity contribution in [3.05, 3.63) is 101 Å². The summed E-state index contributed by atoms with van der Waals surface area (Å²) in [4.78, 5) is 45.0. The Kier molecular flexibility index (Phi) is 4.88. The molecule has 3 aliphatic heterocycles. The number of carbonyl (C=O) groups is 3. The molecule has 180 valence electrons. The molecular formula is C29H25N3O4. The van der Waals surface area contributed by atoms with E-state index in [0.717, 1.165) is 16.7 Å². The van der Waals surface area contributed by atoms with Crippen LogP contribution in [0.4, 0.5) is 11.4 Å².